The van der Waals surface area contributed by atoms with E-state index in [-0.39, 0.29) is 24.3 Å². The molecule has 1 aliphatic carbocycles. The molecular formula is C11H10BrFO2. The fourth-order valence-electron chi connectivity index (χ4n) is 1.25. The van der Waals surface area contributed by atoms with Gasteiger partial charge in [0.2, 0.25) is 0 Å². The van der Waals surface area contributed by atoms with E-state index in [4.69, 9.17) is 4.74 Å². The van der Waals surface area contributed by atoms with Gasteiger partial charge in [0, 0.05) is 5.56 Å². The molecule has 1 aromatic rings. The van der Waals surface area contributed by atoms with E-state index in [9.17, 15) is 9.18 Å². The van der Waals surface area contributed by atoms with Gasteiger partial charge in [0.15, 0.2) is 0 Å². The molecule has 1 aromatic carbocycles. The van der Waals surface area contributed by atoms with Crippen molar-refractivity contribution in [1.29, 1.82) is 0 Å². The first kappa shape index (κ1) is 10.6. The minimum absolute atomic E-state index is 0.00176. The van der Waals surface area contributed by atoms with E-state index in [1.54, 1.807) is 18.2 Å². The molecule has 0 aliphatic heterocycles. The molecule has 0 radical (unpaired) electrons. The Balaban J connectivity index is 2.02. The number of hydrogen-bond donors (Lipinski definition) is 0. The number of rotatable bonds is 3. The second kappa shape index (κ2) is 4.31. The number of hydrogen-bond acceptors (Lipinski definition) is 2. The summed E-state index contributed by atoms with van der Waals surface area (Å²) in [4.78, 5) is 11.3. The third-order valence-electron chi connectivity index (χ3n) is 2.19. The van der Waals surface area contributed by atoms with Gasteiger partial charge in [-0.25, -0.2) is 4.39 Å². The molecule has 0 N–H and O–H groups in total. The van der Waals surface area contributed by atoms with Crippen LogP contribution in [0.1, 0.15) is 18.4 Å². The van der Waals surface area contributed by atoms with Crippen LogP contribution in [0, 0.1) is 5.82 Å². The summed E-state index contributed by atoms with van der Waals surface area (Å²) in [7, 11) is 0. The normalized spacial score (nSPS) is 15.1. The Bertz CT molecular complexity index is 388. The van der Waals surface area contributed by atoms with Crippen molar-refractivity contribution in [2.24, 2.45) is 0 Å². The summed E-state index contributed by atoms with van der Waals surface area (Å²) in [5, 5.41) is 0. The highest BCUT2D eigenvalue weighted by Crippen LogP contribution is 2.25. The molecule has 1 fully saturated rings. The molecular weight excluding hydrogens is 263 g/mol. The van der Waals surface area contributed by atoms with Gasteiger partial charge in [0.25, 0.3) is 0 Å². The van der Waals surface area contributed by atoms with Crippen molar-refractivity contribution >= 4 is 21.9 Å². The van der Waals surface area contributed by atoms with Crippen molar-refractivity contribution in [1.82, 2.24) is 0 Å². The predicted molar refractivity (Wildman–Crippen MR) is 56.9 cm³/mol. The second-order valence-electron chi connectivity index (χ2n) is 3.58. The molecule has 2 nitrogen and oxygen atoms in total. The first-order chi connectivity index (χ1) is 7.16. The summed E-state index contributed by atoms with van der Waals surface area (Å²) >= 11 is 3.07. The van der Waals surface area contributed by atoms with Crippen molar-refractivity contribution in [3.8, 4) is 0 Å². The van der Waals surface area contributed by atoms with Crippen molar-refractivity contribution in [3.05, 3.63) is 34.1 Å². The van der Waals surface area contributed by atoms with E-state index in [1.807, 2.05) is 0 Å². The molecule has 0 unspecified atom stereocenters. The lowest BCUT2D eigenvalue weighted by molar-refractivity contribution is -0.144. The Labute approximate surface area is 95.6 Å². The van der Waals surface area contributed by atoms with Crippen LogP contribution in [0.25, 0.3) is 0 Å². The zero-order chi connectivity index (χ0) is 10.8. The number of esters is 1. The molecule has 0 aromatic heterocycles. The highest BCUT2D eigenvalue weighted by molar-refractivity contribution is 9.10. The minimum Gasteiger partial charge on any atom is -0.462 e. The fraction of sp³-hybridized carbons (Fsp3) is 0.364. The van der Waals surface area contributed by atoms with Crippen LogP contribution >= 0.6 is 15.9 Å². The Morgan fingerprint density at radius 3 is 2.93 bits per heavy atom. The maximum atomic E-state index is 13.5. The van der Waals surface area contributed by atoms with E-state index in [0.29, 0.717) is 10.0 Å². The van der Waals surface area contributed by atoms with Gasteiger partial charge in [-0.1, -0.05) is 12.1 Å². The molecule has 0 saturated heterocycles. The third kappa shape index (κ3) is 2.78. The van der Waals surface area contributed by atoms with E-state index in [0.717, 1.165) is 12.8 Å². The first-order valence-corrected chi connectivity index (χ1v) is 5.58. The molecule has 15 heavy (non-hydrogen) atoms. The largest absolute Gasteiger partial charge is 0.462 e. The van der Waals surface area contributed by atoms with E-state index in [1.165, 1.54) is 0 Å². The molecule has 2 rings (SSSR count). The Morgan fingerprint density at radius 1 is 1.53 bits per heavy atom. The molecule has 1 aliphatic rings. The van der Waals surface area contributed by atoms with Gasteiger partial charge in [-0.2, -0.15) is 0 Å². The average Bonchev–Trinajstić information content (AvgIpc) is 2.97. The number of benzene rings is 1. The summed E-state index contributed by atoms with van der Waals surface area (Å²) in [5.41, 5.74) is 0.370. The SMILES string of the molecule is O=C(Cc1cccc(Br)c1F)OC1CC1. The highest BCUT2D eigenvalue weighted by Gasteiger charge is 2.26. The van der Waals surface area contributed by atoms with Crippen molar-refractivity contribution < 1.29 is 13.9 Å². The Morgan fingerprint density at radius 2 is 2.27 bits per heavy atom. The first-order valence-electron chi connectivity index (χ1n) is 4.79. The van der Waals surface area contributed by atoms with Gasteiger partial charge in [-0.15, -0.1) is 0 Å². The van der Waals surface area contributed by atoms with Crippen LogP contribution in [0.2, 0.25) is 0 Å². The molecule has 0 bridgehead atoms. The summed E-state index contributed by atoms with van der Waals surface area (Å²) in [5.74, 6) is -0.736. The van der Waals surface area contributed by atoms with Crippen LogP contribution in [-0.4, -0.2) is 12.1 Å². The maximum absolute atomic E-state index is 13.5. The van der Waals surface area contributed by atoms with Gasteiger partial charge >= 0.3 is 5.97 Å². The van der Waals surface area contributed by atoms with E-state index < -0.39 is 0 Å². The van der Waals surface area contributed by atoms with E-state index in [2.05, 4.69) is 15.9 Å². The lowest BCUT2D eigenvalue weighted by atomic mass is 10.1. The van der Waals surface area contributed by atoms with Gasteiger partial charge in [0.1, 0.15) is 11.9 Å². The number of ether oxygens (including phenoxy) is 1. The zero-order valence-corrected chi connectivity index (χ0v) is 9.59. The number of halogens is 2. The second-order valence-corrected chi connectivity index (χ2v) is 4.43. The van der Waals surface area contributed by atoms with Crippen LogP contribution in [0.15, 0.2) is 22.7 Å². The summed E-state index contributed by atoms with van der Waals surface area (Å²) in [6, 6.07) is 4.90. The van der Waals surface area contributed by atoms with Crippen molar-refractivity contribution in [3.63, 3.8) is 0 Å². The van der Waals surface area contributed by atoms with Crippen LogP contribution < -0.4 is 0 Å². The van der Waals surface area contributed by atoms with Crippen LogP contribution in [0.5, 0.6) is 0 Å². The van der Waals surface area contributed by atoms with E-state index >= 15 is 0 Å². The van der Waals surface area contributed by atoms with Gasteiger partial charge < -0.3 is 4.74 Å². The molecule has 1 saturated carbocycles. The lowest BCUT2D eigenvalue weighted by Gasteiger charge is -2.04. The molecule has 0 amide bonds. The third-order valence-corrected chi connectivity index (χ3v) is 2.80. The maximum Gasteiger partial charge on any atom is 0.310 e. The molecule has 0 atom stereocenters. The van der Waals surface area contributed by atoms with Gasteiger partial charge in [-0.3, -0.25) is 4.79 Å². The highest BCUT2D eigenvalue weighted by atomic mass is 79.9. The smallest absolute Gasteiger partial charge is 0.310 e. The molecule has 80 valence electrons. The summed E-state index contributed by atoms with van der Waals surface area (Å²) < 4.78 is 18.9. The number of carbonyl (C=O) groups excluding carboxylic acids is 1. The summed E-state index contributed by atoms with van der Waals surface area (Å²) in [6.45, 7) is 0. The zero-order valence-electron chi connectivity index (χ0n) is 8.00. The Hall–Kier alpha value is -0.900. The molecule has 0 heterocycles. The molecule has 0 spiro atoms. The topological polar surface area (TPSA) is 26.3 Å². The summed E-state index contributed by atoms with van der Waals surface area (Å²) in [6.07, 6.45) is 1.95. The fourth-order valence-corrected chi connectivity index (χ4v) is 1.66. The minimum atomic E-state index is -0.384. The quantitative estimate of drug-likeness (QED) is 0.791. The average molecular weight is 273 g/mol. The number of carbonyl (C=O) groups is 1. The molecule has 4 heteroatoms. The van der Waals surface area contributed by atoms with Gasteiger partial charge in [-0.05, 0) is 34.8 Å². The van der Waals surface area contributed by atoms with Crippen LogP contribution in [0.3, 0.4) is 0 Å². The lowest BCUT2D eigenvalue weighted by Crippen LogP contribution is -2.10. The Kier molecular flexibility index (Phi) is 3.05. The van der Waals surface area contributed by atoms with Crippen LogP contribution in [-0.2, 0) is 16.0 Å². The van der Waals surface area contributed by atoms with Crippen molar-refractivity contribution in [2.75, 3.05) is 0 Å². The monoisotopic (exact) mass is 272 g/mol. The van der Waals surface area contributed by atoms with Crippen LogP contribution in [0.4, 0.5) is 4.39 Å². The van der Waals surface area contributed by atoms with Gasteiger partial charge in [0.05, 0.1) is 10.9 Å². The van der Waals surface area contributed by atoms with Crippen molar-refractivity contribution in [2.45, 2.75) is 25.4 Å². The predicted octanol–water partition coefficient (Wildman–Crippen LogP) is 2.84. The standard InChI is InChI=1S/C11H10BrFO2/c12-9-3-1-2-7(11(9)13)6-10(14)15-8-4-5-8/h1-3,8H,4-6H2.